The van der Waals surface area contributed by atoms with Gasteiger partial charge in [-0.2, -0.15) is 0 Å². The molecule has 0 atom stereocenters. The van der Waals surface area contributed by atoms with Gasteiger partial charge in [0.15, 0.2) is 0 Å². The minimum atomic E-state index is -0.107. The van der Waals surface area contributed by atoms with Crippen LogP contribution in [0, 0.1) is 6.92 Å². The van der Waals surface area contributed by atoms with E-state index in [2.05, 4.69) is 15.3 Å². The molecule has 3 rings (SSSR count). The molecule has 0 aromatic carbocycles. The van der Waals surface area contributed by atoms with E-state index in [0.29, 0.717) is 18.7 Å². The lowest BCUT2D eigenvalue weighted by molar-refractivity contribution is 0.0626. The zero-order valence-corrected chi connectivity index (χ0v) is 14.2. The Labute approximate surface area is 139 Å². The molecule has 0 radical (unpaired) electrons. The van der Waals surface area contributed by atoms with E-state index in [1.807, 2.05) is 11.8 Å². The first kappa shape index (κ1) is 15.9. The van der Waals surface area contributed by atoms with Gasteiger partial charge in [0.25, 0.3) is 5.91 Å². The zero-order chi connectivity index (χ0) is 16.4. The van der Waals surface area contributed by atoms with Crippen molar-refractivity contribution in [3.63, 3.8) is 0 Å². The summed E-state index contributed by atoms with van der Waals surface area (Å²) in [6.07, 6.45) is 1.61. The summed E-state index contributed by atoms with van der Waals surface area (Å²) in [5.41, 5.74) is 1.56. The normalized spacial score (nSPS) is 15.8. The fourth-order valence-electron chi connectivity index (χ4n) is 2.72. The molecule has 0 unspecified atom stereocenters. The van der Waals surface area contributed by atoms with Crippen LogP contribution in [0.1, 0.15) is 21.1 Å². The Morgan fingerprint density at radius 1 is 1.26 bits per heavy atom. The summed E-state index contributed by atoms with van der Waals surface area (Å²) >= 11 is 1.67. The van der Waals surface area contributed by atoms with E-state index in [4.69, 9.17) is 0 Å². The Balaban J connectivity index is 1.58. The van der Waals surface area contributed by atoms with Gasteiger partial charge >= 0.3 is 0 Å². The number of carbonyl (C=O) groups excluding carboxylic acids is 1. The van der Waals surface area contributed by atoms with Crippen molar-refractivity contribution in [1.29, 1.82) is 0 Å². The second-order valence-corrected chi connectivity index (χ2v) is 6.86. The van der Waals surface area contributed by atoms with Crippen molar-refractivity contribution in [1.82, 2.24) is 19.4 Å². The van der Waals surface area contributed by atoms with Crippen molar-refractivity contribution in [2.24, 2.45) is 7.05 Å². The molecule has 0 spiro atoms. The van der Waals surface area contributed by atoms with Crippen molar-refractivity contribution in [3.8, 4) is 0 Å². The van der Waals surface area contributed by atoms with E-state index in [9.17, 15) is 9.59 Å². The Hall–Kier alpha value is -1.99. The predicted molar refractivity (Wildman–Crippen MR) is 89.7 cm³/mol. The molecule has 7 heteroatoms. The van der Waals surface area contributed by atoms with E-state index in [0.717, 1.165) is 30.3 Å². The topological polar surface area (TPSA) is 58.4 Å². The number of hydrogen-bond donors (Lipinski definition) is 0. The van der Waals surface area contributed by atoms with Gasteiger partial charge in [-0.3, -0.25) is 14.5 Å². The second-order valence-electron chi connectivity index (χ2n) is 5.79. The summed E-state index contributed by atoms with van der Waals surface area (Å²) in [7, 11) is 1.66. The lowest BCUT2D eigenvalue weighted by Crippen LogP contribution is -2.48. The molecule has 1 amide bonds. The number of aryl methyl sites for hydroxylation is 2. The van der Waals surface area contributed by atoms with Gasteiger partial charge in [0.1, 0.15) is 0 Å². The predicted octanol–water partition coefficient (Wildman–Crippen LogP) is 1.11. The van der Waals surface area contributed by atoms with Crippen LogP contribution in [0.15, 0.2) is 28.5 Å². The molecule has 1 aliphatic rings. The maximum absolute atomic E-state index is 12.5. The molecular formula is C16H20N4O2S. The van der Waals surface area contributed by atoms with Crippen LogP contribution in [0.5, 0.6) is 0 Å². The van der Waals surface area contributed by atoms with E-state index in [1.54, 1.807) is 30.6 Å². The number of pyridine rings is 1. The molecule has 0 N–H and O–H groups in total. The fourth-order valence-corrected chi connectivity index (χ4v) is 3.33. The van der Waals surface area contributed by atoms with Gasteiger partial charge in [-0.15, -0.1) is 11.3 Å². The SMILES string of the molecule is Cc1nc(CN2CCN(C(=O)c3ccc(=O)n(C)c3)CC2)cs1. The number of rotatable bonds is 3. The summed E-state index contributed by atoms with van der Waals surface area (Å²) in [5.74, 6) is -0.00949. The molecule has 1 fully saturated rings. The molecular weight excluding hydrogens is 312 g/mol. The molecule has 0 bridgehead atoms. The van der Waals surface area contributed by atoms with E-state index >= 15 is 0 Å². The smallest absolute Gasteiger partial charge is 0.255 e. The minimum absolute atomic E-state index is 0.00949. The van der Waals surface area contributed by atoms with Gasteiger partial charge < -0.3 is 9.47 Å². The van der Waals surface area contributed by atoms with Crippen LogP contribution in [0.25, 0.3) is 0 Å². The molecule has 1 saturated heterocycles. The summed E-state index contributed by atoms with van der Waals surface area (Å²) < 4.78 is 1.44. The average Bonchev–Trinajstić information content (AvgIpc) is 2.95. The number of amides is 1. The standard InChI is InChI=1S/C16H20N4O2S/c1-12-17-14(11-23-12)10-19-5-7-20(8-6-19)16(22)13-3-4-15(21)18(2)9-13/h3-4,9,11H,5-8,10H2,1-2H3. The second kappa shape index (κ2) is 6.64. The molecule has 1 aliphatic heterocycles. The number of carbonyl (C=O) groups is 1. The van der Waals surface area contributed by atoms with Crippen LogP contribution in [0.3, 0.4) is 0 Å². The number of thiazole rings is 1. The van der Waals surface area contributed by atoms with Crippen molar-refractivity contribution in [2.45, 2.75) is 13.5 Å². The lowest BCUT2D eigenvalue weighted by atomic mass is 10.2. The number of piperazine rings is 1. The molecule has 2 aromatic heterocycles. The summed E-state index contributed by atoms with van der Waals surface area (Å²) in [6, 6.07) is 3.04. The molecule has 0 aliphatic carbocycles. The molecule has 3 heterocycles. The van der Waals surface area contributed by atoms with Crippen molar-refractivity contribution in [3.05, 3.63) is 50.3 Å². The van der Waals surface area contributed by atoms with Crippen molar-refractivity contribution < 1.29 is 4.79 Å². The quantitative estimate of drug-likeness (QED) is 0.845. The van der Waals surface area contributed by atoms with Crippen LogP contribution in [-0.4, -0.2) is 51.4 Å². The summed E-state index contributed by atoms with van der Waals surface area (Å²) in [4.78, 5) is 32.6. The van der Waals surface area contributed by atoms with E-state index in [-0.39, 0.29) is 11.5 Å². The monoisotopic (exact) mass is 332 g/mol. The van der Waals surface area contributed by atoms with E-state index < -0.39 is 0 Å². The van der Waals surface area contributed by atoms with Crippen LogP contribution < -0.4 is 5.56 Å². The molecule has 0 saturated carbocycles. The molecule has 122 valence electrons. The highest BCUT2D eigenvalue weighted by Gasteiger charge is 2.22. The Morgan fingerprint density at radius 2 is 2.00 bits per heavy atom. The average molecular weight is 332 g/mol. The van der Waals surface area contributed by atoms with Gasteiger partial charge in [-0.1, -0.05) is 0 Å². The Morgan fingerprint density at radius 3 is 2.61 bits per heavy atom. The highest BCUT2D eigenvalue weighted by molar-refractivity contribution is 7.09. The van der Waals surface area contributed by atoms with E-state index in [1.165, 1.54) is 10.6 Å². The van der Waals surface area contributed by atoms with Crippen molar-refractivity contribution in [2.75, 3.05) is 26.2 Å². The van der Waals surface area contributed by atoms with Gasteiger partial charge in [0.2, 0.25) is 5.56 Å². The molecule has 23 heavy (non-hydrogen) atoms. The van der Waals surface area contributed by atoms with Crippen molar-refractivity contribution >= 4 is 17.2 Å². The fraction of sp³-hybridized carbons (Fsp3) is 0.438. The first-order chi connectivity index (χ1) is 11.0. The lowest BCUT2D eigenvalue weighted by Gasteiger charge is -2.34. The van der Waals surface area contributed by atoms with Gasteiger partial charge in [0.05, 0.1) is 16.3 Å². The number of hydrogen-bond acceptors (Lipinski definition) is 5. The maximum Gasteiger partial charge on any atom is 0.255 e. The van der Waals surface area contributed by atoms with Crippen LogP contribution in [0.2, 0.25) is 0 Å². The third-order valence-corrected chi connectivity index (χ3v) is 4.87. The molecule has 6 nitrogen and oxygen atoms in total. The van der Waals surface area contributed by atoms with Gasteiger partial charge in [0, 0.05) is 57.4 Å². The maximum atomic E-state index is 12.5. The first-order valence-corrected chi connectivity index (χ1v) is 8.50. The molecule has 2 aromatic rings. The Kier molecular flexibility index (Phi) is 4.58. The first-order valence-electron chi connectivity index (χ1n) is 7.62. The largest absolute Gasteiger partial charge is 0.336 e. The minimum Gasteiger partial charge on any atom is -0.336 e. The Bertz CT molecular complexity index is 759. The third-order valence-electron chi connectivity index (χ3n) is 4.04. The van der Waals surface area contributed by atoms with Gasteiger partial charge in [-0.25, -0.2) is 4.98 Å². The number of nitrogens with zero attached hydrogens (tertiary/aromatic N) is 4. The zero-order valence-electron chi connectivity index (χ0n) is 13.4. The highest BCUT2D eigenvalue weighted by Crippen LogP contribution is 2.13. The van der Waals surface area contributed by atoms with Crippen LogP contribution in [-0.2, 0) is 13.6 Å². The summed E-state index contributed by atoms with van der Waals surface area (Å²) in [5, 5.41) is 3.18. The number of aromatic nitrogens is 2. The van der Waals surface area contributed by atoms with Crippen LogP contribution in [0.4, 0.5) is 0 Å². The van der Waals surface area contributed by atoms with Crippen LogP contribution >= 0.6 is 11.3 Å². The van der Waals surface area contributed by atoms with Gasteiger partial charge in [-0.05, 0) is 13.0 Å². The summed E-state index contributed by atoms with van der Waals surface area (Å²) in [6.45, 7) is 5.93. The third kappa shape index (κ3) is 3.68. The highest BCUT2D eigenvalue weighted by atomic mass is 32.1.